The molecule has 3 rings (SSSR count). The Balaban J connectivity index is 1.67. The number of imidazole rings is 1. The molecule has 3 aromatic rings. The van der Waals surface area contributed by atoms with E-state index in [1.165, 1.54) is 0 Å². The molecule has 2 N–H and O–H groups in total. The number of nitrogen functional groups attached to an aromatic ring is 1. The number of nitrogens with zero attached hydrogens (tertiary/aromatic N) is 2. The lowest BCUT2D eigenvalue weighted by Crippen LogP contribution is -2.09. The van der Waals surface area contributed by atoms with E-state index in [0.29, 0.717) is 12.3 Å². The summed E-state index contributed by atoms with van der Waals surface area (Å²) in [5, 5.41) is 0. The first kappa shape index (κ1) is 13.2. The number of hydrogen-bond donors (Lipinski definition) is 1. The molecule has 2 aromatic carbocycles. The molecule has 0 radical (unpaired) electrons. The topological polar surface area (TPSA) is 53.1 Å². The van der Waals surface area contributed by atoms with E-state index in [0.717, 1.165) is 23.7 Å². The van der Waals surface area contributed by atoms with Crippen molar-refractivity contribution in [3.05, 3.63) is 67.0 Å². The minimum Gasteiger partial charge on any atom is -0.490 e. The first-order chi connectivity index (χ1) is 10.3. The highest BCUT2D eigenvalue weighted by Gasteiger charge is 2.05. The molecule has 0 aliphatic carbocycles. The first-order valence-electron chi connectivity index (χ1n) is 6.88. The minimum absolute atomic E-state index is 0.546. The minimum atomic E-state index is 0.546. The van der Waals surface area contributed by atoms with Gasteiger partial charge in [-0.3, -0.25) is 0 Å². The first-order valence-corrected chi connectivity index (χ1v) is 6.88. The molecule has 0 unspecified atom stereocenters. The summed E-state index contributed by atoms with van der Waals surface area (Å²) < 4.78 is 7.81. The molecule has 0 aliphatic heterocycles. The van der Waals surface area contributed by atoms with E-state index in [4.69, 9.17) is 10.5 Å². The number of nitrogens with two attached hydrogens (primary N) is 1. The highest BCUT2D eigenvalue weighted by Crippen LogP contribution is 2.20. The van der Waals surface area contributed by atoms with Gasteiger partial charge in [0.05, 0.1) is 12.2 Å². The summed E-state index contributed by atoms with van der Waals surface area (Å²) >= 11 is 0. The molecule has 4 heteroatoms. The SMILES string of the molecule is Nc1ccccc1OCCn1ccnc1-c1ccccc1. The van der Waals surface area contributed by atoms with Crippen LogP contribution in [0.4, 0.5) is 5.69 Å². The van der Waals surface area contributed by atoms with Crippen LogP contribution in [0.3, 0.4) is 0 Å². The zero-order chi connectivity index (χ0) is 14.5. The van der Waals surface area contributed by atoms with Gasteiger partial charge in [-0.05, 0) is 12.1 Å². The maximum atomic E-state index is 5.86. The zero-order valence-electron chi connectivity index (χ0n) is 11.6. The van der Waals surface area contributed by atoms with Crippen LogP contribution >= 0.6 is 0 Å². The molecular weight excluding hydrogens is 262 g/mol. The van der Waals surface area contributed by atoms with Gasteiger partial charge in [-0.15, -0.1) is 0 Å². The lowest BCUT2D eigenvalue weighted by molar-refractivity contribution is 0.300. The third-order valence-corrected chi connectivity index (χ3v) is 3.26. The Morgan fingerprint density at radius 1 is 1.00 bits per heavy atom. The summed E-state index contributed by atoms with van der Waals surface area (Å²) in [6.45, 7) is 1.27. The van der Waals surface area contributed by atoms with Crippen LogP contribution in [0.1, 0.15) is 0 Å². The number of hydrogen-bond acceptors (Lipinski definition) is 3. The maximum absolute atomic E-state index is 5.86. The van der Waals surface area contributed by atoms with Gasteiger partial charge in [0.15, 0.2) is 0 Å². The quantitative estimate of drug-likeness (QED) is 0.730. The monoisotopic (exact) mass is 279 g/mol. The molecule has 0 spiro atoms. The average Bonchev–Trinajstić information content (AvgIpc) is 2.99. The molecular formula is C17H17N3O. The second-order valence-corrected chi connectivity index (χ2v) is 4.70. The highest BCUT2D eigenvalue weighted by molar-refractivity contribution is 5.55. The van der Waals surface area contributed by atoms with Gasteiger partial charge in [-0.2, -0.15) is 0 Å². The van der Waals surface area contributed by atoms with Gasteiger partial charge in [0.2, 0.25) is 0 Å². The zero-order valence-corrected chi connectivity index (χ0v) is 11.6. The molecule has 0 fully saturated rings. The van der Waals surface area contributed by atoms with Gasteiger partial charge < -0.3 is 15.0 Å². The Morgan fingerprint density at radius 2 is 1.76 bits per heavy atom. The van der Waals surface area contributed by atoms with Crippen LogP contribution in [0.15, 0.2) is 67.0 Å². The molecule has 21 heavy (non-hydrogen) atoms. The fourth-order valence-corrected chi connectivity index (χ4v) is 2.20. The summed E-state index contributed by atoms with van der Waals surface area (Å²) in [6, 6.07) is 17.6. The summed E-state index contributed by atoms with van der Waals surface area (Å²) in [4.78, 5) is 4.41. The van der Waals surface area contributed by atoms with E-state index >= 15 is 0 Å². The van der Waals surface area contributed by atoms with Crippen molar-refractivity contribution in [3.8, 4) is 17.1 Å². The van der Waals surface area contributed by atoms with Gasteiger partial charge in [-0.1, -0.05) is 42.5 Å². The number of anilines is 1. The molecule has 0 aliphatic rings. The third kappa shape index (κ3) is 3.05. The Morgan fingerprint density at radius 3 is 2.57 bits per heavy atom. The van der Waals surface area contributed by atoms with Crippen LogP contribution in [0.2, 0.25) is 0 Å². The standard InChI is InChI=1S/C17H17N3O/c18-15-8-4-5-9-16(15)21-13-12-20-11-10-19-17(20)14-6-2-1-3-7-14/h1-11H,12-13,18H2. The van der Waals surface area contributed by atoms with Crippen molar-refractivity contribution in [2.45, 2.75) is 6.54 Å². The smallest absolute Gasteiger partial charge is 0.142 e. The van der Waals surface area contributed by atoms with E-state index in [1.807, 2.05) is 48.7 Å². The van der Waals surface area contributed by atoms with Gasteiger partial charge in [0.1, 0.15) is 18.2 Å². The summed E-state index contributed by atoms with van der Waals surface area (Å²) in [7, 11) is 0. The van der Waals surface area contributed by atoms with Gasteiger partial charge >= 0.3 is 0 Å². The van der Waals surface area contributed by atoms with E-state index < -0.39 is 0 Å². The Labute approximate surface area is 123 Å². The Kier molecular flexibility index (Phi) is 3.87. The van der Waals surface area contributed by atoms with Crippen LogP contribution in [-0.4, -0.2) is 16.2 Å². The van der Waals surface area contributed by atoms with Gasteiger partial charge in [0, 0.05) is 18.0 Å². The van der Waals surface area contributed by atoms with Crippen molar-refractivity contribution in [3.63, 3.8) is 0 Å². The molecule has 0 bridgehead atoms. The molecule has 0 atom stereocenters. The van der Waals surface area contributed by atoms with Gasteiger partial charge in [0.25, 0.3) is 0 Å². The lowest BCUT2D eigenvalue weighted by atomic mass is 10.2. The normalized spacial score (nSPS) is 10.5. The van der Waals surface area contributed by atoms with Crippen molar-refractivity contribution < 1.29 is 4.74 Å². The van der Waals surface area contributed by atoms with Crippen LogP contribution in [-0.2, 0) is 6.54 Å². The van der Waals surface area contributed by atoms with E-state index in [2.05, 4.69) is 21.7 Å². The molecule has 0 saturated carbocycles. The number of aromatic nitrogens is 2. The van der Waals surface area contributed by atoms with Crippen molar-refractivity contribution in [1.29, 1.82) is 0 Å². The summed E-state index contributed by atoms with van der Waals surface area (Å²) in [5.41, 5.74) is 7.61. The molecule has 1 heterocycles. The van der Waals surface area contributed by atoms with Crippen LogP contribution in [0.5, 0.6) is 5.75 Å². The third-order valence-electron chi connectivity index (χ3n) is 3.26. The van der Waals surface area contributed by atoms with E-state index in [1.54, 1.807) is 6.20 Å². The van der Waals surface area contributed by atoms with E-state index in [9.17, 15) is 0 Å². The maximum Gasteiger partial charge on any atom is 0.142 e. The molecule has 4 nitrogen and oxygen atoms in total. The van der Waals surface area contributed by atoms with Crippen molar-refractivity contribution in [1.82, 2.24) is 9.55 Å². The van der Waals surface area contributed by atoms with Crippen molar-refractivity contribution in [2.75, 3.05) is 12.3 Å². The van der Waals surface area contributed by atoms with E-state index in [-0.39, 0.29) is 0 Å². The van der Waals surface area contributed by atoms with Crippen LogP contribution in [0.25, 0.3) is 11.4 Å². The number of rotatable bonds is 5. The fourth-order valence-electron chi connectivity index (χ4n) is 2.20. The second-order valence-electron chi connectivity index (χ2n) is 4.70. The second kappa shape index (κ2) is 6.13. The van der Waals surface area contributed by atoms with Gasteiger partial charge in [-0.25, -0.2) is 4.98 Å². The predicted octanol–water partition coefficient (Wildman–Crippen LogP) is 3.21. The largest absolute Gasteiger partial charge is 0.490 e. The molecule has 1 aromatic heterocycles. The molecule has 0 saturated heterocycles. The number of ether oxygens (including phenoxy) is 1. The predicted molar refractivity (Wildman–Crippen MR) is 84.0 cm³/mol. The van der Waals surface area contributed by atoms with Crippen LogP contribution < -0.4 is 10.5 Å². The van der Waals surface area contributed by atoms with Crippen molar-refractivity contribution in [2.24, 2.45) is 0 Å². The molecule has 0 amide bonds. The number of para-hydroxylation sites is 2. The summed E-state index contributed by atoms with van der Waals surface area (Å²) in [6.07, 6.45) is 3.76. The average molecular weight is 279 g/mol. The fraction of sp³-hybridized carbons (Fsp3) is 0.118. The highest BCUT2D eigenvalue weighted by atomic mass is 16.5. The summed E-state index contributed by atoms with van der Waals surface area (Å²) in [5.74, 6) is 1.67. The Hall–Kier alpha value is -2.75. The lowest BCUT2D eigenvalue weighted by Gasteiger charge is -2.11. The van der Waals surface area contributed by atoms with Crippen molar-refractivity contribution >= 4 is 5.69 Å². The Bertz CT molecular complexity index is 707. The number of benzene rings is 2. The molecule has 106 valence electrons. The van der Waals surface area contributed by atoms with Crippen LogP contribution in [0, 0.1) is 0 Å².